The quantitative estimate of drug-likeness (QED) is 0.841. The third-order valence-electron chi connectivity index (χ3n) is 3.87. The van der Waals surface area contributed by atoms with Gasteiger partial charge in [0.05, 0.1) is 0 Å². The van der Waals surface area contributed by atoms with Crippen molar-refractivity contribution in [3.8, 4) is 0 Å². The fraction of sp³-hybridized carbons (Fsp3) is 0.600. The molecule has 1 aromatic rings. The summed E-state index contributed by atoms with van der Waals surface area (Å²) in [5, 5.41) is 0. The normalized spacial score (nSPS) is 18.9. The molecule has 0 heterocycles. The summed E-state index contributed by atoms with van der Waals surface area (Å²) in [5.74, 6) is 0.0776. The number of rotatable bonds is 6. The van der Waals surface area contributed by atoms with Gasteiger partial charge in [-0.3, -0.25) is 0 Å². The van der Waals surface area contributed by atoms with Gasteiger partial charge in [0.15, 0.2) is 0 Å². The minimum atomic E-state index is -0.223. The molecule has 1 aliphatic rings. The Labute approximate surface area is 109 Å². The van der Waals surface area contributed by atoms with Crippen molar-refractivity contribution in [2.75, 3.05) is 13.1 Å². The highest BCUT2D eigenvalue weighted by molar-refractivity contribution is 5.21. The molecular weight excluding hydrogens is 227 g/mol. The molecule has 3 heteroatoms. The molecule has 2 rings (SSSR count). The Morgan fingerprint density at radius 1 is 1.39 bits per heavy atom. The molecule has 0 aromatic heterocycles. The zero-order valence-electron chi connectivity index (χ0n) is 11.3. The van der Waals surface area contributed by atoms with Gasteiger partial charge in [0, 0.05) is 24.2 Å². The molecular formula is C15H23FN2. The van der Waals surface area contributed by atoms with Crippen molar-refractivity contribution in [2.24, 2.45) is 11.7 Å². The molecule has 1 aliphatic carbocycles. The van der Waals surface area contributed by atoms with Gasteiger partial charge in [-0.25, -0.2) is 4.39 Å². The van der Waals surface area contributed by atoms with Crippen LogP contribution in [0.3, 0.4) is 0 Å². The molecule has 0 saturated heterocycles. The van der Waals surface area contributed by atoms with Crippen LogP contribution in [0.25, 0.3) is 0 Å². The van der Waals surface area contributed by atoms with Gasteiger partial charge >= 0.3 is 0 Å². The highest BCUT2D eigenvalue weighted by atomic mass is 19.1. The molecule has 1 fully saturated rings. The van der Waals surface area contributed by atoms with E-state index in [0.29, 0.717) is 5.56 Å². The largest absolute Gasteiger partial charge is 0.324 e. The van der Waals surface area contributed by atoms with Crippen molar-refractivity contribution in [2.45, 2.75) is 38.8 Å². The number of hydrogen-bond donors (Lipinski definition) is 1. The number of benzene rings is 1. The van der Waals surface area contributed by atoms with E-state index in [2.05, 4.69) is 18.7 Å². The van der Waals surface area contributed by atoms with Crippen LogP contribution in [0.4, 0.5) is 4.39 Å². The second kappa shape index (κ2) is 5.81. The first kappa shape index (κ1) is 13.5. The van der Waals surface area contributed by atoms with Gasteiger partial charge in [-0.05, 0) is 31.4 Å². The maximum Gasteiger partial charge on any atom is 0.127 e. The van der Waals surface area contributed by atoms with Gasteiger partial charge in [0.2, 0.25) is 0 Å². The van der Waals surface area contributed by atoms with Crippen molar-refractivity contribution >= 4 is 0 Å². The first-order valence-corrected chi connectivity index (χ1v) is 6.87. The van der Waals surface area contributed by atoms with E-state index in [1.165, 1.54) is 18.9 Å². The van der Waals surface area contributed by atoms with Crippen LogP contribution in [-0.2, 0) is 0 Å². The van der Waals surface area contributed by atoms with Crippen LogP contribution in [0.15, 0.2) is 24.3 Å². The number of halogens is 1. The van der Waals surface area contributed by atoms with Crippen LogP contribution in [0, 0.1) is 11.7 Å². The molecule has 0 spiro atoms. The number of nitrogens with two attached hydrogens (primary N) is 1. The number of nitrogens with zero attached hydrogens (tertiary/aromatic N) is 1. The van der Waals surface area contributed by atoms with Crippen molar-refractivity contribution in [1.29, 1.82) is 0 Å². The van der Waals surface area contributed by atoms with Crippen molar-refractivity contribution in [3.63, 3.8) is 0 Å². The molecule has 2 nitrogen and oxygen atoms in total. The van der Waals surface area contributed by atoms with Crippen LogP contribution >= 0.6 is 0 Å². The first-order chi connectivity index (χ1) is 8.63. The van der Waals surface area contributed by atoms with E-state index >= 15 is 0 Å². The summed E-state index contributed by atoms with van der Waals surface area (Å²) in [7, 11) is 0. The number of hydrogen-bond acceptors (Lipinski definition) is 2. The minimum absolute atomic E-state index is 0.189. The SMILES string of the molecule is CCN(CC(C)C(N)c1ccccc1F)C1CC1. The van der Waals surface area contributed by atoms with Crippen molar-refractivity contribution in [3.05, 3.63) is 35.6 Å². The molecule has 0 aliphatic heterocycles. The van der Waals surface area contributed by atoms with E-state index in [-0.39, 0.29) is 17.8 Å². The second-order valence-corrected chi connectivity index (χ2v) is 5.34. The minimum Gasteiger partial charge on any atom is -0.324 e. The average Bonchev–Trinajstić information content (AvgIpc) is 3.19. The van der Waals surface area contributed by atoms with Gasteiger partial charge in [0.25, 0.3) is 0 Å². The van der Waals surface area contributed by atoms with Crippen LogP contribution < -0.4 is 5.73 Å². The Morgan fingerprint density at radius 3 is 2.61 bits per heavy atom. The Balaban J connectivity index is 1.99. The molecule has 100 valence electrons. The second-order valence-electron chi connectivity index (χ2n) is 5.34. The van der Waals surface area contributed by atoms with E-state index in [1.807, 2.05) is 6.07 Å². The summed E-state index contributed by atoms with van der Waals surface area (Å²) in [6, 6.07) is 7.36. The Morgan fingerprint density at radius 2 is 2.06 bits per heavy atom. The van der Waals surface area contributed by atoms with Gasteiger partial charge < -0.3 is 10.6 Å². The lowest BCUT2D eigenvalue weighted by Crippen LogP contribution is -2.35. The zero-order chi connectivity index (χ0) is 13.1. The van der Waals surface area contributed by atoms with Crippen molar-refractivity contribution in [1.82, 2.24) is 4.90 Å². The van der Waals surface area contributed by atoms with E-state index in [0.717, 1.165) is 19.1 Å². The fourth-order valence-corrected chi connectivity index (χ4v) is 2.51. The fourth-order valence-electron chi connectivity index (χ4n) is 2.51. The molecule has 18 heavy (non-hydrogen) atoms. The molecule has 2 N–H and O–H groups in total. The predicted molar refractivity (Wildman–Crippen MR) is 72.8 cm³/mol. The van der Waals surface area contributed by atoms with Gasteiger partial charge in [-0.1, -0.05) is 32.0 Å². The first-order valence-electron chi connectivity index (χ1n) is 6.87. The van der Waals surface area contributed by atoms with Gasteiger partial charge in [-0.15, -0.1) is 0 Å². The highest BCUT2D eigenvalue weighted by Crippen LogP contribution is 2.29. The van der Waals surface area contributed by atoms with Crippen LogP contribution in [0.2, 0.25) is 0 Å². The van der Waals surface area contributed by atoms with E-state index in [1.54, 1.807) is 12.1 Å². The van der Waals surface area contributed by atoms with E-state index in [9.17, 15) is 4.39 Å². The van der Waals surface area contributed by atoms with Gasteiger partial charge in [0.1, 0.15) is 5.82 Å². The Hall–Kier alpha value is -0.930. The van der Waals surface area contributed by atoms with Crippen LogP contribution in [0.1, 0.15) is 38.3 Å². The lowest BCUT2D eigenvalue weighted by atomic mass is 9.94. The highest BCUT2D eigenvalue weighted by Gasteiger charge is 2.30. The summed E-state index contributed by atoms with van der Waals surface area (Å²) >= 11 is 0. The molecule has 0 amide bonds. The van der Waals surface area contributed by atoms with Crippen LogP contribution in [0.5, 0.6) is 0 Å². The summed E-state index contributed by atoms with van der Waals surface area (Å²) < 4.78 is 13.7. The monoisotopic (exact) mass is 250 g/mol. The zero-order valence-corrected chi connectivity index (χ0v) is 11.3. The predicted octanol–water partition coefficient (Wildman–Crippen LogP) is 2.95. The van der Waals surface area contributed by atoms with E-state index in [4.69, 9.17) is 5.73 Å². The smallest absolute Gasteiger partial charge is 0.127 e. The maximum absolute atomic E-state index is 13.7. The van der Waals surface area contributed by atoms with Crippen LogP contribution in [-0.4, -0.2) is 24.0 Å². The maximum atomic E-state index is 13.7. The molecule has 0 bridgehead atoms. The topological polar surface area (TPSA) is 29.3 Å². The third kappa shape index (κ3) is 3.09. The Bertz CT molecular complexity index is 390. The lowest BCUT2D eigenvalue weighted by Gasteiger charge is -2.28. The standard InChI is InChI=1S/C15H23FN2/c1-3-18(12-8-9-12)10-11(2)15(17)13-6-4-5-7-14(13)16/h4-7,11-12,15H,3,8-10,17H2,1-2H3. The average molecular weight is 250 g/mol. The third-order valence-corrected chi connectivity index (χ3v) is 3.87. The molecule has 2 unspecified atom stereocenters. The molecule has 2 atom stereocenters. The molecule has 0 radical (unpaired) electrons. The molecule has 1 saturated carbocycles. The Kier molecular flexibility index (Phi) is 4.36. The molecule has 1 aromatic carbocycles. The lowest BCUT2D eigenvalue weighted by molar-refractivity contribution is 0.222. The summed E-state index contributed by atoms with van der Waals surface area (Å²) in [5.41, 5.74) is 6.83. The van der Waals surface area contributed by atoms with E-state index < -0.39 is 0 Å². The van der Waals surface area contributed by atoms with Gasteiger partial charge in [-0.2, -0.15) is 0 Å². The summed E-state index contributed by atoms with van der Waals surface area (Å²) in [6.45, 7) is 6.30. The summed E-state index contributed by atoms with van der Waals surface area (Å²) in [4.78, 5) is 2.46. The summed E-state index contributed by atoms with van der Waals surface area (Å²) in [6.07, 6.45) is 2.60. The van der Waals surface area contributed by atoms with Crippen molar-refractivity contribution < 1.29 is 4.39 Å².